The van der Waals surface area contributed by atoms with E-state index in [0.29, 0.717) is 0 Å². The Morgan fingerprint density at radius 2 is 2.12 bits per heavy atom. The molecule has 6 heteroatoms. The largest absolute Gasteiger partial charge is 0.337 e. The monoisotopic (exact) mass is 252 g/mol. The van der Waals surface area contributed by atoms with E-state index < -0.39 is 21.8 Å². The topological polar surface area (TPSA) is 87.0 Å². The summed E-state index contributed by atoms with van der Waals surface area (Å²) in [5, 5.41) is 11.0. The number of nitrogens with one attached hydrogen (secondary N) is 1. The number of nitriles is 1. The molecule has 1 amide bonds. The van der Waals surface area contributed by atoms with E-state index in [1.165, 1.54) is 31.2 Å². The molecular weight excluding hydrogens is 240 g/mol. The fourth-order valence-corrected chi connectivity index (χ4v) is 1.85. The van der Waals surface area contributed by atoms with E-state index in [1.54, 1.807) is 0 Å². The van der Waals surface area contributed by atoms with Crippen molar-refractivity contribution < 1.29 is 13.2 Å². The molecule has 5 nitrogen and oxygen atoms in total. The summed E-state index contributed by atoms with van der Waals surface area (Å²) in [5.41, 5.74) is 0.218. The van der Waals surface area contributed by atoms with Crippen LogP contribution in [0.25, 0.3) is 0 Å². The fourth-order valence-electron chi connectivity index (χ4n) is 1.18. The molecule has 1 aromatic rings. The average molecular weight is 252 g/mol. The van der Waals surface area contributed by atoms with Crippen LogP contribution in [-0.4, -0.2) is 26.6 Å². The Balaban J connectivity index is 3.02. The first-order chi connectivity index (χ1) is 7.84. The molecule has 0 saturated carbocycles. The first-order valence-electron chi connectivity index (χ1n) is 4.85. The number of rotatable bonds is 3. The van der Waals surface area contributed by atoms with Crippen molar-refractivity contribution >= 4 is 15.7 Å². The summed E-state index contributed by atoms with van der Waals surface area (Å²) < 4.78 is 22.6. The van der Waals surface area contributed by atoms with Gasteiger partial charge >= 0.3 is 0 Å². The van der Waals surface area contributed by atoms with Gasteiger partial charge in [0.25, 0.3) is 5.91 Å². The number of carbonyl (C=O) groups is 1. The summed E-state index contributed by atoms with van der Waals surface area (Å²) in [6, 6.07) is 6.92. The average Bonchev–Trinajstić information content (AvgIpc) is 2.28. The number of amides is 1. The lowest BCUT2D eigenvalue weighted by Crippen LogP contribution is -2.31. The molecule has 0 aliphatic heterocycles. The number of hydrogen-bond donors (Lipinski definition) is 1. The van der Waals surface area contributed by atoms with E-state index in [0.717, 1.165) is 6.26 Å². The van der Waals surface area contributed by atoms with Crippen molar-refractivity contribution in [1.82, 2.24) is 5.32 Å². The third kappa shape index (κ3) is 3.57. The minimum Gasteiger partial charge on any atom is -0.337 e. The van der Waals surface area contributed by atoms with Gasteiger partial charge in [-0.05, 0) is 25.1 Å². The molecule has 0 aliphatic carbocycles. The van der Waals surface area contributed by atoms with Gasteiger partial charge in [0.05, 0.1) is 11.0 Å². The molecule has 0 fully saturated rings. The SMILES string of the molecule is CC(C#N)NC(=O)c1cccc(S(C)(=O)=O)c1. The van der Waals surface area contributed by atoms with Gasteiger partial charge in [0, 0.05) is 11.8 Å². The molecule has 17 heavy (non-hydrogen) atoms. The highest BCUT2D eigenvalue weighted by Gasteiger charge is 2.12. The molecule has 1 aromatic carbocycles. The lowest BCUT2D eigenvalue weighted by atomic mass is 10.2. The van der Waals surface area contributed by atoms with E-state index in [1.807, 2.05) is 6.07 Å². The maximum absolute atomic E-state index is 11.6. The van der Waals surface area contributed by atoms with Crippen LogP contribution in [0.3, 0.4) is 0 Å². The summed E-state index contributed by atoms with van der Waals surface area (Å²) in [7, 11) is -3.34. The second-order valence-corrected chi connectivity index (χ2v) is 5.64. The smallest absolute Gasteiger partial charge is 0.252 e. The molecule has 0 aromatic heterocycles. The molecule has 0 radical (unpaired) electrons. The highest BCUT2D eigenvalue weighted by atomic mass is 32.2. The van der Waals surface area contributed by atoms with E-state index in [9.17, 15) is 13.2 Å². The van der Waals surface area contributed by atoms with Crippen LogP contribution in [0.5, 0.6) is 0 Å². The van der Waals surface area contributed by atoms with Crippen LogP contribution in [0.1, 0.15) is 17.3 Å². The molecule has 0 aliphatic rings. The first-order valence-corrected chi connectivity index (χ1v) is 6.74. The molecule has 0 spiro atoms. The van der Waals surface area contributed by atoms with Gasteiger partial charge in [0.1, 0.15) is 6.04 Å². The molecule has 1 unspecified atom stereocenters. The second-order valence-electron chi connectivity index (χ2n) is 3.62. The van der Waals surface area contributed by atoms with Crippen molar-refractivity contribution in [3.8, 4) is 6.07 Å². The van der Waals surface area contributed by atoms with Gasteiger partial charge in [0.15, 0.2) is 9.84 Å². The van der Waals surface area contributed by atoms with Gasteiger partial charge in [-0.25, -0.2) is 8.42 Å². The zero-order valence-corrected chi connectivity index (χ0v) is 10.3. The Kier molecular flexibility index (Phi) is 3.86. The van der Waals surface area contributed by atoms with Crippen molar-refractivity contribution in [2.75, 3.05) is 6.26 Å². The van der Waals surface area contributed by atoms with Crippen LogP contribution in [0, 0.1) is 11.3 Å². The van der Waals surface area contributed by atoms with E-state index in [4.69, 9.17) is 5.26 Å². The fraction of sp³-hybridized carbons (Fsp3) is 0.273. The molecule has 90 valence electrons. The zero-order chi connectivity index (χ0) is 13.1. The normalized spacial score (nSPS) is 12.5. The number of hydrogen-bond acceptors (Lipinski definition) is 4. The second kappa shape index (κ2) is 4.97. The Morgan fingerprint density at radius 3 is 2.65 bits per heavy atom. The van der Waals surface area contributed by atoms with Crippen LogP contribution >= 0.6 is 0 Å². The van der Waals surface area contributed by atoms with Gasteiger partial charge in [-0.3, -0.25) is 4.79 Å². The highest BCUT2D eigenvalue weighted by molar-refractivity contribution is 7.90. The van der Waals surface area contributed by atoms with Crippen molar-refractivity contribution in [3.05, 3.63) is 29.8 Å². The van der Waals surface area contributed by atoms with Gasteiger partial charge in [-0.15, -0.1) is 0 Å². The third-order valence-electron chi connectivity index (χ3n) is 2.07. The summed E-state index contributed by atoms with van der Waals surface area (Å²) in [5.74, 6) is -0.468. The molecule has 1 N–H and O–H groups in total. The first kappa shape index (κ1) is 13.2. The van der Waals surface area contributed by atoms with Crippen LogP contribution in [-0.2, 0) is 9.84 Å². The summed E-state index contributed by atoms with van der Waals surface area (Å²) >= 11 is 0. The maximum atomic E-state index is 11.6. The maximum Gasteiger partial charge on any atom is 0.252 e. The third-order valence-corrected chi connectivity index (χ3v) is 3.18. The Morgan fingerprint density at radius 1 is 1.47 bits per heavy atom. The number of nitrogens with zero attached hydrogens (tertiary/aromatic N) is 1. The van der Waals surface area contributed by atoms with Crippen LogP contribution in [0.15, 0.2) is 29.2 Å². The van der Waals surface area contributed by atoms with E-state index >= 15 is 0 Å². The van der Waals surface area contributed by atoms with Crippen LogP contribution in [0.2, 0.25) is 0 Å². The minimum absolute atomic E-state index is 0.0785. The Bertz CT molecular complexity index is 573. The van der Waals surface area contributed by atoms with Crippen molar-refractivity contribution in [1.29, 1.82) is 5.26 Å². The molecule has 0 bridgehead atoms. The molecule has 1 atom stereocenters. The zero-order valence-electron chi connectivity index (χ0n) is 9.47. The van der Waals surface area contributed by atoms with E-state index in [2.05, 4.69) is 5.32 Å². The van der Waals surface area contributed by atoms with Gasteiger partial charge in [-0.2, -0.15) is 5.26 Å². The highest BCUT2D eigenvalue weighted by Crippen LogP contribution is 2.11. The quantitative estimate of drug-likeness (QED) is 0.859. The lowest BCUT2D eigenvalue weighted by Gasteiger charge is -2.07. The van der Waals surface area contributed by atoms with Gasteiger partial charge < -0.3 is 5.32 Å². The predicted molar refractivity (Wildman–Crippen MR) is 62.1 cm³/mol. The Labute approximate surface area is 100.0 Å². The van der Waals surface area contributed by atoms with Gasteiger partial charge in [-0.1, -0.05) is 6.07 Å². The molecular formula is C11H12N2O3S. The number of carbonyl (C=O) groups excluding carboxylic acids is 1. The van der Waals surface area contributed by atoms with Crippen LogP contribution in [0.4, 0.5) is 0 Å². The van der Waals surface area contributed by atoms with Crippen molar-refractivity contribution in [2.24, 2.45) is 0 Å². The predicted octanol–water partition coefficient (Wildman–Crippen LogP) is 0.732. The standard InChI is InChI=1S/C11H12N2O3S/c1-8(7-12)13-11(14)9-4-3-5-10(6-9)17(2,15)16/h3-6,8H,1-2H3,(H,13,14). The Hall–Kier alpha value is -1.87. The summed E-state index contributed by atoms with van der Waals surface area (Å²) in [6.45, 7) is 1.54. The van der Waals surface area contributed by atoms with Crippen molar-refractivity contribution in [3.63, 3.8) is 0 Å². The summed E-state index contributed by atoms with van der Waals surface area (Å²) in [6.07, 6.45) is 1.07. The minimum atomic E-state index is -3.34. The van der Waals surface area contributed by atoms with Crippen LogP contribution < -0.4 is 5.32 Å². The number of sulfone groups is 1. The van der Waals surface area contributed by atoms with Crippen molar-refractivity contribution in [2.45, 2.75) is 17.9 Å². The number of benzene rings is 1. The molecule has 1 rings (SSSR count). The summed E-state index contributed by atoms with van der Waals surface area (Å²) in [4.78, 5) is 11.7. The molecule has 0 saturated heterocycles. The van der Waals surface area contributed by atoms with Gasteiger partial charge in [0.2, 0.25) is 0 Å². The molecule has 0 heterocycles. The van der Waals surface area contributed by atoms with E-state index in [-0.39, 0.29) is 10.5 Å². The lowest BCUT2D eigenvalue weighted by molar-refractivity contribution is 0.0947.